The van der Waals surface area contributed by atoms with Gasteiger partial charge in [-0.3, -0.25) is 0 Å². The lowest BCUT2D eigenvalue weighted by Gasteiger charge is -2.27. The summed E-state index contributed by atoms with van der Waals surface area (Å²) >= 11 is 0. The van der Waals surface area contributed by atoms with Crippen molar-refractivity contribution in [2.45, 2.75) is 58.3 Å². The third kappa shape index (κ3) is 6.85. The van der Waals surface area contributed by atoms with E-state index in [-0.39, 0.29) is 0 Å². The van der Waals surface area contributed by atoms with Gasteiger partial charge in [0.25, 0.3) is 0 Å². The van der Waals surface area contributed by atoms with E-state index >= 15 is 0 Å². The second kappa shape index (κ2) is 13.1. The fraction of sp³-hybridized carbons (Fsp3) is 0.317. The van der Waals surface area contributed by atoms with Crippen molar-refractivity contribution in [2.24, 2.45) is 5.92 Å². The van der Waals surface area contributed by atoms with Gasteiger partial charge in [0.05, 0.1) is 6.61 Å². The summed E-state index contributed by atoms with van der Waals surface area (Å²) in [5, 5.41) is 2.83. The first-order valence-corrected chi connectivity index (χ1v) is 19.9. The lowest BCUT2D eigenvalue weighted by atomic mass is 9.77. The largest absolute Gasteiger partial charge is 0.489 e. The number of para-hydroxylation sites is 1. The van der Waals surface area contributed by atoms with Crippen LogP contribution in [0.4, 0.5) is 0 Å². The molecule has 0 saturated heterocycles. The van der Waals surface area contributed by atoms with Gasteiger partial charge in [-0.2, -0.15) is 0 Å². The summed E-state index contributed by atoms with van der Waals surface area (Å²) in [5.41, 5.74) is 11.2. The molecule has 1 unspecified atom stereocenters. The lowest BCUT2D eigenvalue weighted by Crippen LogP contribution is -2.36. The van der Waals surface area contributed by atoms with Crippen molar-refractivity contribution in [3.05, 3.63) is 128 Å². The molecule has 4 aliphatic rings. The Hall–Kier alpha value is -3.66. The average Bonchev–Trinajstić information content (AvgIpc) is 3.03. The Balaban J connectivity index is 0.000000289. The van der Waals surface area contributed by atoms with Crippen LogP contribution in [-0.4, -0.2) is 27.9 Å². The molecule has 2 atom stereocenters. The number of rotatable bonds is 6. The molecule has 2 nitrogen and oxygen atoms in total. The molecule has 7 rings (SSSR count). The summed E-state index contributed by atoms with van der Waals surface area (Å²) in [7, 11) is -1.05. The van der Waals surface area contributed by atoms with Crippen LogP contribution in [0.1, 0.15) is 53.5 Å². The lowest BCUT2D eigenvalue weighted by molar-refractivity contribution is 0.136. The van der Waals surface area contributed by atoms with E-state index in [9.17, 15) is 0 Å². The molecule has 3 aliphatic carbocycles. The third-order valence-electron chi connectivity index (χ3n) is 9.28. The zero-order valence-corrected chi connectivity index (χ0v) is 28.0. The molecule has 44 heavy (non-hydrogen) atoms. The minimum absolute atomic E-state index is 0.372. The van der Waals surface area contributed by atoms with Gasteiger partial charge in [0.2, 0.25) is 0 Å². The molecular weight excluding hydrogens is 553 g/mol. The molecule has 0 radical (unpaired) electrons. The van der Waals surface area contributed by atoms with E-state index in [0.29, 0.717) is 18.4 Å². The van der Waals surface area contributed by atoms with E-state index < -0.39 is 8.07 Å². The van der Waals surface area contributed by atoms with Crippen molar-refractivity contribution in [3.63, 3.8) is 0 Å². The molecule has 3 aromatic carbocycles. The van der Waals surface area contributed by atoms with Crippen molar-refractivity contribution in [1.82, 2.24) is 0 Å². The molecule has 0 spiro atoms. The molecule has 3 aromatic rings. The van der Waals surface area contributed by atoms with Gasteiger partial charge in [-0.25, -0.2) is 0 Å². The van der Waals surface area contributed by atoms with Gasteiger partial charge in [0.15, 0.2) is 0 Å². The maximum absolute atomic E-state index is 6.16. The minimum atomic E-state index is -1.05. The highest BCUT2D eigenvalue weighted by atomic mass is 28.3. The number of allylic oxidation sites excluding steroid dienone is 4. The third-order valence-corrected chi connectivity index (χ3v) is 11.0. The van der Waals surface area contributed by atoms with Crippen LogP contribution in [0.25, 0.3) is 29.9 Å². The van der Waals surface area contributed by atoms with Crippen LogP contribution in [-0.2, 0) is 4.74 Å². The number of hydrogen-bond donors (Lipinski definition) is 0. The summed E-state index contributed by atoms with van der Waals surface area (Å²) in [6.07, 6.45) is 18.4. The molecule has 0 aromatic heterocycles. The Labute approximate surface area is 264 Å². The van der Waals surface area contributed by atoms with Gasteiger partial charge < -0.3 is 9.47 Å². The zero-order valence-electron chi connectivity index (χ0n) is 27.0. The second-order valence-corrected chi connectivity index (χ2v) is 19.4. The van der Waals surface area contributed by atoms with Crippen LogP contribution < -0.4 is 15.2 Å². The maximum Gasteiger partial charge on any atom is 0.126 e. The predicted molar refractivity (Wildman–Crippen MR) is 191 cm³/mol. The summed E-state index contributed by atoms with van der Waals surface area (Å²) in [6.45, 7) is 14.1. The van der Waals surface area contributed by atoms with Crippen LogP contribution in [0.15, 0.2) is 90.0 Å². The van der Waals surface area contributed by atoms with Gasteiger partial charge in [-0.05, 0) is 83.1 Å². The number of ether oxygens (including phenoxy) is 2. The first kappa shape index (κ1) is 30.4. The zero-order chi connectivity index (χ0) is 30.7. The number of benzene rings is 3. The molecule has 226 valence electrons. The highest BCUT2D eigenvalue weighted by Crippen LogP contribution is 2.38. The Kier molecular flexibility index (Phi) is 9.07. The van der Waals surface area contributed by atoms with Crippen LogP contribution in [0, 0.1) is 12.8 Å². The van der Waals surface area contributed by atoms with E-state index in [4.69, 9.17) is 9.47 Å². The smallest absolute Gasteiger partial charge is 0.126 e. The highest BCUT2D eigenvalue weighted by Gasteiger charge is 2.23. The van der Waals surface area contributed by atoms with Crippen molar-refractivity contribution in [3.8, 4) is 5.75 Å². The Morgan fingerprint density at radius 1 is 0.886 bits per heavy atom. The van der Waals surface area contributed by atoms with E-state index in [1.807, 2.05) is 30.3 Å². The topological polar surface area (TPSA) is 18.5 Å². The van der Waals surface area contributed by atoms with Crippen LogP contribution in [0.3, 0.4) is 0 Å². The Bertz CT molecular complexity index is 1780. The molecule has 1 aliphatic heterocycles. The molecular formula is C41H46O2Si. The molecule has 1 heterocycles. The molecule has 0 fully saturated rings. The van der Waals surface area contributed by atoms with E-state index in [2.05, 4.69) is 106 Å². The summed E-state index contributed by atoms with van der Waals surface area (Å²) in [4.78, 5) is 0. The summed E-state index contributed by atoms with van der Waals surface area (Å²) in [5.74, 6) is 1.85. The van der Waals surface area contributed by atoms with E-state index in [1.165, 1.54) is 55.4 Å². The number of fused-ring (bicyclic) bond motifs is 5. The Morgan fingerprint density at radius 2 is 1.70 bits per heavy atom. The quantitative estimate of drug-likeness (QED) is 0.208. The number of hydrogen-bond acceptors (Lipinski definition) is 2. The van der Waals surface area contributed by atoms with E-state index in [1.54, 1.807) is 5.57 Å². The summed E-state index contributed by atoms with van der Waals surface area (Å²) in [6, 6.07) is 22.8. The van der Waals surface area contributed by atoms with Gasteiger partial charge in [-0.15, -0.1) is 0 Å². The van der Waals surface area contributed by atoms with Crippen molar-refractivity contribution in [2.75, 3.05) is 19.8 Å². The maximum atomic E-state index is 6.16. The van der Waals surface area contributed by atoms with Crippen molar-refractivity contribution >= 4 is 38.0 Å². The SMILES string of the molecule is C1=Cc2ccccc2OC1.CC1=Cc2ccc3c(c2=CC1COCC[Si](C)(C)C)=CCC1=C3C=C[C@@H](c2ccccc2C)C1. The van der Waals surface area contributed by atoms with Gasteiger partial charge in [0.1, 0.15) is 12.4 Å². The molecule has 0 saturated carbocycles. The highest BCUT2D eigenvalue weighted by molar-refractivity contribution is 6.76. The van der Waals surface area contributed by atoms with Crippen LogP contribution in [0.2, 0.25) is 25.7 Å². The fourth-order valence-electron chi connectivity index (χ4n) is 6.62. The van der Waals surface area contributed by atoms with Crippen molar-refractivity contribution in [1.29, 1.82) is 0 Å². The van der Waals surface area contributed by atoms with Gasteiger partial charge in [0, 0.05) is 32.1 Å². The minimum Gasteiger partial charge on any atom is -0.489 e. The van der Waals surface area contributed by atoms with Crippen LogP contribution >= 0.6 is 0 Å². The Morgan fingerprint density at radius 3 is 2.52 bits per heavy atom. The summed E-state index contributed by atoms with van der Waals surface area (Å²) < 4.78 is 11.5. The monoisotopic (exact) mass is 598 g/mol. The van der Waals surface area contributed by atoms with Gasteiger partial charge >= 0.3 is 0 Å². The van der Waals surface area contributed by atoms with Crippen LogP contribution in [0.5, 0.6) is 5.75 Å². The van der Waals surface area contributed by atoms with Crippen molar-refractivity contribution < 1.29 is 9.47 Å². The fourth-order valence-corrected chi connectivity index (χ4v) is 7.38. The van der Waals surface area contributed by atoms with Gasteiger partial charge in [-0.1, -0.05) is 122 Å². The number of aryl methyl sites for hydroxylation is 1. The molecule has 3 heteroatoms. The standard InChI is InChI=1S/C32H38OSi.C9H8O/c1-22-8-6-7-9-28(22)25-10-13-29-26(19-25)12-15-31-30(29)14-11-24-18-23(2)27(20-32(24)31)21-33-16-17-34(3,4)5;1-2-6-9-8(4-1)5-3-7-10-9/h6-11,13-15,18,20,25,27H,12,16-17,19,21H2,1-5H3;1-6H,7H2/t25-,27?;/m1./s1. The molecule has 0 N–H and O–H groups in total. The molecule has 0 amide bonds. The molecule has 0 bridgehead atoms. The van der Waals surface area contributed by atoms with E-state index in [0.717, 1.165) is 31.8 Å². The normalized spacial score (nSPS) is 19.5. The first-order valence-electron chi connectivity index (χ1n) is 16.2. The average molecular weight is 599 g/mol. The first-order chi connectivity index (χ1) is 21.3. The second-order valence-electron chi connectivity index (χ2n) is 13.8. The predicted octanol–water partition coefficient (Wildman–Crippen LogP) is 8.94.